The maximum Gasteiger partial charge on any atom is 0.522 e. The summed E-state index contributed by atoms with van der Waals surface area (Å²) < 4.78 is 41.0. The van der Waals surface area contributed by atoms with Crippen LogP contribution in [0.5, 0.6) is 0 Å². The Hall–Kier alpha value is -2.70. The van der Waals surface area contributed by atoms with Crippen LogP contribution in [0.1, 0.15) is 52.9 Å². The summed E-state index contributed by atoms with van der Waals surface area (Å²) >= 11 is 0. The summed E-state index contributed by atoms with van der Waals surface area (Å²) in [4.78, 5) is 64.2. The molecule has 0 bridgehead atoms. The number of halogens is 3. The number of carbonyl (C=O) groups is 5. The molecule has 1 aliphatic carbocycles. The molecule has 4 amide bonds. The second-order valence-electron chi connectivity index (χ2n) is 10.6. The van der Waals surface area contributed by atoms with Gasteiger partial charge in [0.15, 0.2) is 5.78 Å². The summed E-state index contributed by atoms with van der Waals surface area (Å²) in [6.45, 7) is 4.54. The minimum Gasteiger partial charge on any atom is -0.356 e. The third-order valence-electron chi connectivity index (χ3n) is 6.66. The van der Waals surface area contributed by atoms with Gasteiger partial charge in [-0.3, -0.25) is 28.7 Å². The minimum absolute atomic E-state index is 0.106. The van der Waals surface area contributed by atoms with Gasteiger partial charge < -0.3 is 20.9 Å². The fraction of sp³-hybridized carbons (Fsp3) is 0.773. The van der Waals surface area contributed by atoms with Crippen LogP contribution in [-0.4, -0.2) is 78.0 Å². The molecular formula is C22H31F3N4O6. The zero-order valence-corrected chi connectivity index (χ0v) is 19.9. The zero-order chi connectivity index (χ0) is 26.2. The van der Waals surface area contributed by atoms with Crippen molar-refractivity contribution in [2.75, 3.05) is 19.7 Å². The number of ether oxygens (including phenoxy) is 1. The van der Waals surface area contributed by atoms with Crippen molar-refractivity contribution in [1.29, 1.82) is 0 Å². The maximum atomic E-state index is 13.2. The molecule has 2 saturated heterocycles. The first-order chi connectivity index (χ1) is 16.1. The minimum atomic E-state index is -5.04. The molecule has 3 aliphatic rings. The van der Waals surface area contributed by atoms with Crippen LogP contribution in [0.4, 0.5) is 13.2 Å². The van der Waals surface area contributed by atoms with Gasteiger partial charge in [0, 0.05) is 24.5 Å². The number of amides is 4. The Morgan fingerprint density at radius 3 is 2.40 bits per heavy atom. The average Bonchev–Trinajstić information content (AvgIpc) is 3.17. The molecule has 0 aromatic carbocycles. The first-order valence-corrected chi connectivity index (χ1v) is 11.5. The lowest BCUT2D eigenvalue weighted by Gasteiger charge is -2.27. The van der Waals surface area contributed by atoms with Gasteiger partial charge in [-0.25, -0.2) is 0 Å². The molecule has 0 aromatic heterocycles. The highest BCUT2D eigenvalue weighted by Crippen LogP contribution is 2.36. The van der Waals surface area contributed by atoms with Crippen LogP contribution in [0.15, 0.2) is 0 Å². The number of nitrogens with one attached hydrogen (secondary N) is 3. The Morgan fingerprint density at radius 1 is 1.20 bits per heavy atom. The first kappa shape index (κ1) is 26.9. The Balaban J connectivity index is 1.73. The average molecular weight is 505 g/mol. The second-order valence-corrected chi connectivity index (χ2v) is 10.6. The van der Waals surface area contributed by atoms with E-state index in [0.29, 0.717) is 13.0 Å². The number of ketones is 1. The molecule has 196 valence electrons. The van der Waals surface area contributed by atoms with Crippen molar-refractivity contribution in [2.24, 2.45) is 11.3 Å². The number of rotatable bonds is 8. The molecule has 13 heteroatoms. The quantitative estimate of drug-likeness (QED) is 0.410. The molecule has 0 unspecified atom stereocenters. The number of hydrogen-bond acceptors (Lipinski definition) is 6. The number of alkyl halides is 3. The van der Waals surface area contributed by atoms with E-state index in [4.69, 9.17) is 0 Å². The van der Waals surface area contributed by atoms with E-state index in [1.165, 1.54) is 0 Å². The molecule has 3 rings (SSSR count). The molecule has 0 radical (unpaired) electrons. The van der Waals surface area contributed by atoms with Crippen LogP contribution < -0.4 is 16.0 Å². The summed E-state index contributed by atoms with van der Waals surface area (Å²) in [6.07, 6.45) is -3.24. The molecule has 0 spiro atoms. The van der Waals surface area contributed by atoms with E-state index in [2.05, 4.69) is 20.7 Å². The van der Waals surface area contributed by atoms with Gasteiger partial charge in [0.25, 0.3) is 0 Å². The third kappa shape index (κ3) is 7.15. The van der Waals surface area contributed by atoms with Crippen LogP contribution in [0, 0.1) is 11.3 Å². The number of nitrogens with zero attached hydrogens (tertiary/aromatic N) is 1. The summed E-state index contributed by atoms with van der Waals surface area (Å²) in [5, 5.41) is 7.65. The number of carbonyl (C=O) groups excluding carboxylic acids is 5. The van der Waals surface area contributed by atoms with Gasteiger partial charge in [0.2, 0.25) is 11.8 Å². The fourth-order valence-corrected chi connectivity index (χ4v) is 4.43. The summed E-state index contributed by atoms with van der Waals surface area (Å²) in [5.41, 5.74) is -0.969. The number of Topliss-reactive ketones (excluding diaryl/α,β-unsaturated/α-hetero) is 1. The molecule has 2 aliphatic heterocycles. The van der Waals surface area contributed by atoms with E-state index >= 15 is 0 Å². The van der Waals surface area contributed by atoms with E-state index in [1.54, 1.807) is 6.92 Å². The molecule has 1 saturated carbocycles. The number of likely N-dealkylation sites (tertiary alicyclic amines) is 1. The maximum absolute atomic E-state index is 13.2. The lowest BCUT2D eigenvalue weighted by atomic mass is 9.90. The lowest BCUT2D eigenvalue weighted by molar-refractivity contribution is -0.321. The molecule has 3 N–H and O–H groups in total. The topological polar surface area (TPSA) is 134 Å². The molecule has 10 nitrogen and oxygen atoms in total. The SMILES string of the molecule is CC1(C)C[C@@H](C(=O)N[C@@H](C[C@@H]2CCNC2=O)C(=O)COC(F)(F)F)N(C(=O)C(=O)NC2(C)CC2)C1. The third-order valence-corrected chi connectivity index (χ3v) is 6.66. The summed E-state index contributed by atoms with van der Waals surface area (Å²) in [6, 6.07) is -2.54. The van der Waals surface area contributed by atoms with Crippen molar-refractivity contribution in [3.8, 4) is 0 Å². The van der Waals surface area contributed by atoms with Crippen LogP contribution in [0.25, 0.3) is 0 Å². The Kier molecular flexibility index (Phi) is 7.49. The van der Waals surface area contributed by atoms with Crippen molar-refractivity contribution >= 4 is 29.4 Å². The standard InChI is InChI=1S/C22H31F3N4O6/c1-20(2)9-14(29(11-20)19(34)18(33)28-21(3)5-6-21)17(32)27-13(8-12-4-7-26-16(12)31)15(30)10-35-22(23,24)25/h12-14H,4-11H2,1-3H3,(H,26,31)(H,27,32)(H,28,33)/t12-,13-,14-/m0/s1. The molecule has 3 fully saturated rings. The Labute approximate surface area is 200 Å². The lowest BCUT2D eigenvalue weighted by Crippen LogP contribution is -2.55. The van der Waals surface area contributed by atoms with Gasteiger partial charge in [-0.2, -0.15) is 0 Å². The van der Waals surface area contributed by atoms with E-state index in [9.17, 15) is 37.1 Å². The van der Waals surface area contributed by atoms with Gasteiger partial charge in [-0.05, 0) is 44.4 Å². The summed E-state index contributed by atoms with van der Waals surface area (Å²) in [5.74, 6) is -4.59. The first-order valence-electron chi connectivity index (χ1n) is 11.5. The van der Waals surface area contributed by atoms with Gasteiger partial charge in [0.1, 0.15) is 12.6 Å². The van der Waals surface area contributed by atoms with Crippen molar-refractivity contribution in [3.05, 3.63) is 0 Å². The predicted molar refractivity (Wildman–Crippen MR) is 114 cm³/mol. The van der Waals surface area contributed by atoms with Crippen molar-refractivity contribution in [1.82, 2.24) is 20.9 Å². The predicted octanol–water partition coefficient (Wildman–Crippen LogP) is 0.399. The van der Waals surface area contributed by atoms with Crippen molar-refractivity contribution < 1.29 is 41.9 Å². The van der Waals surface area contributed by atoms with Crippen LogP contribution in [0.3, 0.4) is 0 Å². The van der Waals surface area contributed by atoms with E-state index < -0.39 is 65.4 Å². The molecular weight excluding hydrogens is 473 g/mol. The van der Waals surface area contributed by atoms with Crippen LogP contribution >= 0.6 is 0 Å². The monoisotopic (exact) mass is 504 g/mol. The Morgan fingerprint density at radius 2 is 1.86 bits per heavy atom. The molecule has 35 heavy (non-hydrogen) atoms. The highest BCUT2D eigenvalue weighted by Gasteiger charge is 2.48. The largest absolute Gasteiger partial charge is 0.522 e. The van der Waals surface area contributed by atoms with Gasteiger partial charge in [-0.15, -0.1) is 13.2 Å². The molecule has 2 heterocycles. The normalized spacial score (nSPS) is 25.5. The fourth-order valence-electron chi connectivity index (χ4n) is 4.43. The van der Waals surface area contributed by atoms with Gasteiger partial charge in [0.05, 0.1) is 6.04 Å². The number of hydrogen-bond donors (Lipinski definition) is 3. The van der Waals surface area contributed by atoms with Crippen molar-refractivity contribution in [2.45, 2.75) is 76.9 Å². The summed E-state index contributed by atoms with van der Waals surface area (Å²) in [7, 11) is 0. The van der Waals surface area contributed by atoms with E-state index in [0.717, 1.165) is 17.7 Å². The molecule has 3 atom stereocenters. The van der Waals surface area contributed by atoms with Gasteiger partial charge >= 0.3 is 18.2 Å². The van der Waals surface area contributed by atoms with Crippen LogP contribution in [-0.2, 0) is 28.7 Å². The van der Waals surface area contributed by atoms with Crippen molar-refractivity contribution in [3.63, 3.8) is 0 Å². The highest BCUT2D eigenvalue weighted by molar-refractivity contribution is 6.35. The van der Waals surface area contributed by atoms with E-state index in [1.807, 2.05) is 13.8 Å². The van der Waals surface area contributed by atoms with Gasteiger partial charge in [-0.1, -0.05) is 13.8 Å². The molecule has 0 aromatic rings. The van der Waals surface area contributed by atoms with E-state index in [-0.39, 0.29) is 25.3 Å². The smallest absolute Gasteiger partial charge is 0.356 e. The second kappa shape index (κ2) is 9.75. The zero-order valence-electron chi connectivity index (χ0n) is 19.9. The Bertz CT molecular complexity index is 902. The van der Waals surface area contributed by atoms with Crippen LogP contribution in [0.2, 0.25) is 0 Å². The highest BCUT2D eigenvalue weighted by atomic mass is 19.4.